The number of hydrogen-bond acceptors (Lipinski definition) is 13. The van der Waals surface area contributed by atoms with Crippen LogP contribution in [-0.2, 0) is 25.4 Å². The highest BCUT2D eigenvalue weighted by Crippen LogP contribution is 2.32. The Balaban J connectivity index is 0.844. The van der Waals surface area contributed by atoms with Gasteiger partial charge in [-0.1, -0.05) is 12.1 Å². The zero-order chi connectivity index (χ0) is 42.6. The van der Waals surface area contributed by atoms with Gasteiger partial charge >= 0.3 is 0 Å². The molecule has 0 aliphatic carbocycles. The normalized spacial score (nSPS) is 17.6. The molecule has 314 valence electrons. The van der Waals surface area contributed by atoms with Crippen molar-refractivity contribution in [1.82, 2.24) is 35.1 Å². The number of nitrogens with zero attached hydrogens (tertiary/aromatic N) is 5. The second kappa shape index (κ2) is 17.9. The van der Waals surface area contributed by atoms with Gasteiger partial charge in [0.1, 0.15) is 22.8 Å². The van der Waals surface area contributed by atoms with Crippen LogP contribution in [0.5, 0.6) is 0 Å². The number of amides is 5. The molecule has 5 amide bonds. The molecule has 0 saturated carbocycles. The molecule has 60 heavy (non-hydrogen) atoms. The Kier molecular flexibility index (Phi) is 12.5. The molecule has 6 N–H and O–H groups in total. The number of piperidine rings is 1. The molecule has 0 bridgehead atoms. The van der Waals surface area contributed by atoms with E-state index in [1.165, 1.54) is 6.07 Å². The molecular formula is C42H49N11O6S. The molecule has 3 aliphatic heterocycles. The fourth-order valence-electron chi connectivity index (χ4n) is 7.16. The van der Waals surface area contributed by atoms with Crippen molar-refractivity contribution < 1.29 is 28.2 Å². The molecular weight excluding hydrogens is 787 g/mol. The predicted molar refractivity (Wildman–Crippen MR) is 229 cm³/mol. The Hall–Kier alpha value is -6.24. The van der Waals surface area contributed by atoms with E-state index in [0.717, 1.165) is 40.6 Å². The number of fused-ring (bicyclic) bond motifs is 1. The Morgan fingerprint density at radius 1 is 0.900 bits per heavy atom. The Morgan fingerprint density at radius 2 is 1.65 bits per heavy atom. The number of rotatable bonds is 14. The number of anilines is 6. The minimum atomic E-state index is -1.36. The molecule has 0 spiro atoms. The molecule has 3 aromatic carbocycles. The predicted octanol–water partition coefficient (Wildman–Crippen LogP) is 3.43. The van der Waals surface area contributed by atoms with Crippen LogP contribution in [0, 0.1) is 6.92 Å². The zero-order valence-electron chi connectivity index (χ0n) is 34.0. The van der Waals surface area contributed by atoms with E-state index in [2.05, 4.69) is 46.1 Å². The topological polar surface area (TPSA) is 210 Å². The quantitative estimate of drug-likeness (QED) is 0.0796. The van der Waals surface area contributed by atoms with Gasteiger partial charge in [0.15, 0.2) is 0 Å². The standard InChI is InChI=1S/C42H49N11O6S/c1-26-24-45-41(49-37(26)46-28-7-5-8-30(23-28)60(59)50-42(2,3)4)47-27-11-13-29(14-12-27)52-21-19-51(20-22-52)25-35(55)44-18-17-43-32-10-6-9-31-36(32)40(58)53(39(31)57)33-15-16-34(54)48-38(33)56/h5-14,23-24,33,43,50H,15-22,25H2,1-4H3,(H,44,55)(H,48,54,56)(H2,45,46,47,49). The number of imide groups is 2. The third-order valence-electron chi connectivity index (χ3n) is 10.1. The molecule has 2 saturated heterocycles. The molecule has 4 heterocycles. The highest BCUT2D eigenvalue weighted by Gasteiger charge is 2.45. The highest BCUT2D eigenvalue weighted by molar-refractivity contribution is 7.83. The number of carbonyl (C=O) groups is 5. The monoisotopic (exact) mass is 835 g/mol. The SMILES string of the molecule is Cc1cnc(Nc2ccc(N3CCN(CC(=O)NCCNc4cccc5c4C(=O)N(C4CCC(=O)NC4=O)C5=O)CC3)cc2)nc1Nc1cccc(S(=O)NC(C)(C)C)c1. The van der Waals surface area contributed by atoms with Crippen LogP contribution in [0.2, 0.25) is 0 Å². The Morgan fingerprint density at radius 3 is 2.38 bits per heavy atom. The van der Waals surface area contributed by atoms with E-state index in [1.807, 2.05) is 76.2 Å². The summed E-state index contributed by atoms with van der Waals surface area (Å²) in [7, 11) is -1.36. The third-order valence-corrected chi connectivity index (χ3v) is 11.6. The van der Waals surface area contributed by atoms with Crippen LogP contribution < -0.4 is 36.2 Å². The van der Waals surface area contributed by atoms with E-state index in [1.54, 1.807) is 18.3 Å². The smallest absolute Gasteiger partial charge is 0.264 e. The largest absolute Gasteiger partial charge is 0.383 e. The van der Waals surface area contributed by atoms with Crippen molar-refractivity contribution in [3.63, 3.8) is 0 Å². The summed E-state index contributed by atoms with van der Waals surface area (Å²) >= 11 is 0. The van der Waals surface area contributed by atoms with Gasteiger partial charge in [0.2, 0.25) is 23.7 Å². The first-order chi connectivity index (χ1) is 28.7. The third kappa shape index (κ3) is 9.95. The van der Waals surface area contributed by atoms with E-state index in [4.69, 9.17) is 4.98 Å². The van der Waals surface area contributed by atoms with Crippen LogP contribution in [0.4, 0.5) is 34.5 Å². The summed E-state index contributed by atoms with van der Waals surface area (Å²) < 4.78 is 15.9. The second-order valence-electron chi connectivity index (χ2n) is 15.9. The number of benzene rings is 3. The first-order valence-electron chi connectivity index (χ1n) is 19.8. The summed E-state index contributed by atoms with van der Waals surface area (Å²) in [4.78, 5) is 78.4. The fraction of sp³-hybridized carbons (Fsp3) is 0.357. The molecule has 0 radical (unpaired) electrons. The van der Waals surface area contributed by atoms with Gasteiger partial charge in [0, 0.05) is 85.7 Å². The fourth-order valence-corrected chi connectivity index (χ4v) is 8.27. The lowest BCUT2D eigenvalue weighted by Gasteiger charge is -2.35. The van der Waals surface area contributed by atoms with Gasteiger partial charge in [-0.2, -0.15) is 4.98 Å². The van der Waals surface area contributed by atoms with Crippen molar-refractivity contribution in [3.05, 3.63) is 89.6 Å². The molecule has 2 atom stereocenters. The summed E-state index contributed by atoms with van der Waals surface area (Å²) in [6.45, 7) is 11.6. The first kappa shape index (κ1) is 41.9. The maximum atomic E-state index is 13.3. The summed E-state index contributed by atoms with van der Waals surface area (Å²) in [6, 6.07) is 19.3. The van der Waals surface area contributed by atoms with Crippen LogP contribution in [0.1, 0.15) is 59.9 Å². The molecule has 3 aliphatic rings. The summed E-state index contributed by atoms with van der Waals surface area (Å²) in [5.74, 6) is -1.31. The van der Waals surface area contributed by atoms with Crippen molar-refractivity contribution in [2.24, 2.45) is 0 Å². The lowest BCUT2D eigenvalue weighted by Crippen LogP contribution is -2.54. The van der Waals surface area contributed by atoms with E-state index in [9.17, 15) is 28.2 Å². The molecule has 18 heteroatoms. The molecule has 1 aromatic heterocycles. The summed E-state index contributed by atoms with van der Waals surface area (Å²) in [5, 5.41) is 14.9. The van der Waals surface area contributed by atoms with E-state index < -0.39 is 40.7 Å². The van der Waals surface area contributed by atoms with Crippen LogP contribution >= 0.6 is 0 Å². The van der Waals surface area contributed by atoms with E-state index in [-0.39, 0.29) is 42.0 Å². The number of aryl methyl sites for hydroxylation is 1. The van der Waals surface area contributed by atoms with Gasteiger partial charge in [-0.25, -0.2) is 13.9 Å². The van der Waals surface area contributed by atoms with Crippen molar-refractivity contribution in [3.8, 4) is 0 Å². The van der Waals surface area contributed by atoms with Crippen LogP contribution in [0.25, 0.3) is 0 Å². The lowest BCUT2D eigenvalue weighted by molar-refractivity contribution is -0.136. The summed E-state index contributed by atoms with van der Waals surface area (Å²) in [5.41, 5.74) is 4.01. The van der Waals surface area contributed by atoms with Gasteiger partial charge in [-0.3, -0.25) is 39.1 Å². The Labute approximate surface area is 350 Å². The van der Waals surface area contributed by atoms with Crippen molar-refractivity contribution in [1.29, 1.82) is 0 Å². The number of hydrogen-bond donors (Lipinski definition) is 6. The minimum Gasteiger partial charge on any atom is -0.383 e. The minimum absolute atomic E-state index is 0.0460. The van der Waals surface area contributed by atoms with Crippen LogP contribution in [0.3, 0.4) is 0 Å². The highest BCUT2D eigenvalue weighted by atomic mass is 32.2. The number of carbonyl (C=O) groups excluding carboxylic acids is 5. The Bertz CT molecular complexity index is 2330. The van der Waals surface area contributed by atoms with E-state index >= 15 is 0 Å². The van der Waals surface area contributed by atoms with Gasteiger partial charge in [-0.15, -0.1) is 0 Å². The zero-order valence-corrected chi connectivity index (χ0v) is 34.8. The first-order valence-corrected chi connectivity index (χ1v) is 21.0. The van der Waals surface area contributed by atoms with Gasteiger partial charge in [0.05, 0.1) is 22.6 Å². The maximum absolute atomic E-state index is 13.3. The molecule has 4 aromatic rings. The lowest BCUT2D eigenvalue weighted by atomic mass is 10.0. The average Bonchev–Trinajstić information content (AvgIpc) is 3.47. The van der Waals surface area contributed by atoms with E-state index in [0.29, 0.717) is 48.5 Å². The summed E-state index contributed by atoms with van der Waals surface area (Å²) in [6.07, 6.45) is 1.87. The van der Waals surface area contributed by atoms with Crippen molar-refractivity contribution >= 4 is 75.0 Å². The van der Waals surface area contributed by atoms with Crippen molar-refractivity contribution in [2.75, 3.05) is 66.7 Å². The maximum Gasteiger partial charge on any atom is 0.264 e. The molecule has 17 nitrogen and oxygen atoms in total. The van der Waals surface area contributed by atoms with Crippen LogP contribution in [0.15, 0.2) is 77.8 Å². The number of aromatic nitrogens is 2. The van der Waals surface area contributed by atoms with Gasteiger partial charge in [0.25, 0.3) is 11.8 Å². The second-order valence-corrected chi connectivity index (χ2v) is 17.1. The van der Waals surface area contributed by atoms with Gasteiger partial charge < -0.3 is 26.2 Å². The van der Waals surface area contributed by atoms with Crippen LogP contribution in [-0.4, -0.2) is 111 Å². The molecule has 2 fully saturated rings. The average molecular weight is 836 g/mol. The van der Waals surface area contributed by atoms with Gasteiger partial charge in [-0.05, 0) is 88.7 Å². The molecule has 7 rings (SSSR count). The van der Waals surface area contributed by atoms with Crippen molar-refractivity contribution in [2.45, 2.75) is 57.0 Å². The number of piperazine rings is 1. The number of nitrogens with one attached hydrogen (secondary N) is 6. The molecule has 2 unspecified atom stereocenters.